The first-order valence-corrected chi connectivity index (χ1v) is 13.1. The van der Waals surface area contributed by atoms with Crippen molar-refractivity contribution >= 4 is 21.6 Å². The SMILES string of the molecule is CN(C)S(=O)(=O)N1CCC(c2ccc3c(c2)C(C)(C)C2=C(C3=O)c3ccc(C#N)cc3C2)CC1. The summed E-state index contributed by atoms with van der Waals surface area (Å²) >= 11 is 0. The van der Waals surface area contributed by atoms with Crippen LogP contribution in [0.25, 0.3) is 5.57 Å². The first-order valence-electron chi connectivity index (χ1n) is 11.7. The molecule has 3 aliphatic rings. The molecule has 0 aromatic heterocycles. The standard InChI is InChI=1S/C27H29N3O3S/c1-27(2)23-14-19(18-9-11-30(12-10-18)34(32,33)29(3)4)6-8-22(23)26(31)25-21-7-5-17(16-28)13-20(21)15-24(25)27/h5-8,13-14,18H,9-12,15H2,1-4H3. The summed E-state index contributed by atoms with van der Waals surface area (Å²) in [6, 6.07) is 14.0. The molecule has 1 heterocycles. The minimum Gasteiger partial charge on any atom is -0.289 e. The van der Waals surface area contributed by atoms with Crippen molar-refractivity contribution in [3.8, 4) is 6.07 Å². The van der Waals surface area contributed by atoms with Crippen molar-refractivity contribution in [1.29, 1.82) is 5.26 Å². The largest absolute Gasteiger partial charge is 0.289 e. The molecule has 1 saturated heterocycles. The number of benzene rings is 2. The number of nitrogens with zero attached hydrogens (tertiary/aromatic N) is 3. The van der Waals surface area contributed by atoms with Crippen molar-refractivity contribution in [3.05, 3.63) is 75.4 Å². The highest BCUT2D eigenvalue weighted by atomic mass is 32.2. The predicted octanol–water partition coefficient (Wildman–Crippen LogP) is 4.03. The number of hydrogen-bond donors (Lipinski definition) is 0. The number of carbonyl (C=O) groups excluding carboxylic acids is 1. The molecule has 5 rings (SSSR count). The Bertz CT molecular complexity index is 1390. The van der Waals surface area contributed by atoms with Crippen LogP contribution in [-0.4, -0.2) is 50.0 Å². The number of Topliss-reactive ketones (excluding diaryl/α,β-unsaturated/α-hetero) is 1. The zero-order chi connectivity index (χ0) is 24.4. The van der Waals surface area contributed by atoms with Crippen LogP contribution in [0.3, 0.4) is 0 Å². The summed E-state index contributed by atoms with van der Waals surface area (Å²) in [6.07, 6.45) is 2.20. The van der Waals surface area contributed by atoms with E-state index in [1.807, 2.05) is 24.3 Å². The summed E-state index contributed by atoms with van der Waals surface area (Å²) in [5.41, 5.74) is 7.20. The third-order valence-electron chi connectivity index (χ3n) is 7.83. The minimum absolute atomic E-state index is 0.0613. The number of piperidine rings is 1. The van der Waals surface area contributed by atoms with Crippen molar-refractivity contribution in [2.24, 2.45) is 0 Å². The van der Waals surface area contributed by atoms with Crippen LogP contribution in [0, 0.1) is 11.3 Å². The van der Waals surface area contributed by atoms with Crippen LogP contribution in [0.5, 0.6) is 0 Å². The van der Waals surface area contributed by atoms with Crippen molar-refractivity contribution < 1.29 is 13.2 Å². The number of fused-ring (bicyclic) bond motifs is 3. The van der Waals surface area contributed by atoms with E-state index in [1.165, 1.54) is 9.87 Å². The van der Waals surface area contributed by atoms with Gasteiger partial charge in [-0.25, -0.2) is 0 Å². The van der Waals surface area contributed by atoms with Gasteiger partial charge in [-0.2, -0.15) is 22.3 Å². The Hall–Kier alpha value is -2.79. The molecule has 0 saturated carbocycles. The van der Waals surface area contributed by atoms with Crippen molar-refractivity contribution in [2.75, 3.05) is 27.2 Å². The van der Waals surface area contributed by atoms with Crippen molar-refractivity contribution in [3.63, 3.8) is 0 Å². The van der Waals surface area contributed by atoms with Gasteiger partial charge in [0.1, 0.15) is 0 Å². The number of allylic oxidation sites excluding steroid dienone is 2. The Morgan fingerprint density at radius 1 is 1.06 bits per heavy atom. The van der Waals surface area contributed by atoms with E-state index in [4.69, 9.17) is 0 Å². The number of nitriles is 1. The molecule has 0 bridgehead atoms. The van der Waals surface area contributed by atoms with Crippen LogP contribution in [0.4, 0.5) is 0 Å². The summed E-state index contributed by atoms with van der Waals surface area (Å²) in [5, 5.41) is 9.30. The van der Waals surface area contributed by atoms with Gasteiger partial charge in [-0.1, -0.05) is 38.1 Å². The van der Waals surface area contributed by atoms with Crippen LogP contribution in [0.1, 0.15) is 70.8 Å². The highest BCUT2D eigenvalue weighted by Crippen LogP contribution is 2.50. The lowest BCUT2D eigenvalue weighted by atomic mass is 9.67. The van der Waals surface area contributed by atoms with E-state index in [0.717, 1.165) is 46.2 Å². The second-order valence-corrected chi connectivity index (χ2v) is 12.4. The monoisotopic (exact) mass is 475 g/mol. The summed E-state index contributed by atoms with van der Waals surface area (Å²) in [5.74, 6) is 0.324. The lowest BCUT2D eigenvalue weighted by Gasteiger charge is -2.36. The van der Waals surface area contributed by atoms with Crippen LogP contribution in [0.2, 0.25) is 0 Å². The fourth-order valence-electron chi connectivity index (χ4n) is 5.77. The minimum atomic E-state index is -3.39. The van der Waals surface area contributed by atoms with E-state index in [1.54, 1.807) is 24.5 Å². The van der Waals surface area contributed by atoms with E-state index < -0.39 is 10.2 Å². The van der Waals surface area contributed by atoms with E-state index in [0.29, 0.717) is 25.1 Å². The van der Waals surface area contributed by atoms with Crippen LogP contribution < -0.4 is 0 Å². The molecular formula is C27H29N3O3S. The molecule has 2 aromatic carbocycles. The van der Waals surface area contributed by atoms with Crippen LogP contribution >= 0.6 is 0 Å². The molecule has 0 spiro atoms. The van der Waals surface area contributed by atoms with Gasteiger partial charge in [0, 0.05) is 43.7 Å². The molecule has 0 N–H and O–H groups in total. The summed E-state index contributed by atoms with van der Waals surface area (Å²) < 4.78 is 27.8. The molecular weight excluding hydrogens is 446 g/mol. The first-order chi connectivity index (χ1) is 16.1. The van der Waals surface area contributed by atoms with Gasteiger partial charge in [0.25, 0.3) is 10.2 Å². The van der Waals surface area contributed by atoms with Gasteiger partial charge in [-0.3, -0.25) is 4.79 Å². The van der Waals surface area contributed by atoms with Crippen molar-refractivity contribution in [1.82, 2.24) is 8.61 Å². The molecule has 0 amide bonds. The second kappa shape index (κ2) is 7.88. The normalized spacial score (nSPS) is 20.2. The fraction of sp³-hybridized carbons (Fsp3) is 0.407. The van der Waals surface area contributed by atoms with Gasteiger partial charge >= 0.3 is 0 Å². The molecule has 1 aliphatic heterocycles. The maximum Gasteiger partial charge on any atom is 0.281 e. The van der Waals surface area contributed by atoms with E-state index >= 15 is 0 Å². The van der Waals surface area contributed by atoms with Gasteiger partial charge in [0.05, 0.1) is 11.6 Å². The van der Waals surface area contributed by atoms with Gasteiger partial charge in [-0.05, 0) is 65.1 Å². The summed E-state index contributed by atoms with van der Waals surface area (Å²) in [7, 11) is -0.261. The lowest BCUT2D eigenvalue weighted by Crippen LogP contribution is -2.44. The number of hydrogen-bond acceptors (Lipinski definition) is 4. The zero-order valence-corrected chi connectivity index (χ0v) is 20.9. The van der Waals surface area contributed by atoms with Crippen molar-refractivity contribution in [2.45, 2.75) is 44.4 Å². The summed E-state index contributed by atoms with van der Waals surface area (Å²) in [6.45, 7) is 5.36. The molecule has 0 atom stereocenters. The average Bonchev–Trinajstić information content (AvgIpc) is 3.22. The Morgan fingerprint density at radius 2 is 1.74 bits per heavy atom. The van der Waals surface area contributed by atoms with Gasteiger partial charge < -0.3 is 0 Å². The Kier molecular flexibility index (Phi) is 5.32. The third kappa shape index (κ3) is 3.36. The molecule has 7 heteroatoms. The number of ketones is 1. The zero-order valence-electron chi connectivity index (χ0n) is 20.1. The van der Waals surface area contributed by atoms with Gasteiger partial charge in [0.15, 0.2) is 5.78 Å². The molecule has 34 heavy (non-hydrogen) atoms. The van der Waals surface area contributed by atoms with Gasteiger partial charge in [0.2, 0.25) is 0 Å². The quantitative estimate of drug-likeness (QED) is 0.671. The van der Waals surface area contributed by atoms with Gasteiger partial charge in [-0.15, -0.1) is 0 Å². The Morgan fingerprint density at radius 3 is 2.38 bits per heavy atom. The maximum absolute atomic E-state index is 13.6. The van der Waals surface area contributed by atoms with E-state index in [9.17, 15) is 18.5 Å². The first kappa shape index (κ1) is 23.0. The Labute approximate surface area is 201 Å². The Balaban J connectivity index is 1.46. The van der Waals surface area contributed by atoms with E-state index in [-0.39, 0.29) is 17.1 Å². The number of carbonyl (C=O) groups is 1. The third-order valence-corrected chi connectivity index (χ3v) is 9.77. The molecule has 1 fully saturated rings. The average molecular weight is 476 g/mol. The molecule has 0 radical (unpaired) electrons. The lowest BCUT2D eigenvalue weighted by molar-refractivity contribution is 0.105. The molecule has 2 aliphatic carbocycles. The summed E-state index contributed by atoms with van der Waals surface area (Å²) in [4.78, 5) is 13.6. The van der Waals surface area contributed by atoms with Crippen LogP contribution in [-0.2, 0) is 22.0 Å². The smallest absolute Gasteiger partial charge is 0.281 e. The highest BCUT2D eigenvalue weighted by molar-refractivity contribution is 7.86. The second-order valence-electron chi connectivity index (χ2n) is 10.2. The molecule has 0 unspecified atom stereocenters. The molecule has 2 aromatic rings. The molecule has 176 valence electrons. The number of rotatable bonds is 3. The topological polar surface area (TPSA) is 81.5 Å². The fourth-order valence-corrected chi connectivity index (χ4v) is 6.90. The maximum atomic E-state index is 13.6. The van der Waals surface area contributed by atoms with E-state index in [2.05, 4.69) is 26.0 Å². The van der Waals surface area contributed by atoms with Crippen LogP contribution in [0.15, 0.2) is 42.0 Å². The predicted molar refractivity (Wildman–Crippen MR) is 132 cm³/mol. The highest BCUT2D eigenvalue weighted by Gasteiger charge is 2.43. The molecule has 6 nitrogen and oxygen atoms in total.